The van der Waals surface area contributed by atoms with E-state index in [9.17, 15) is 23.8 Å². The number of aromatic nitrogens is 2. The normalized spacial score (nSPS) is 25.0. The molecular weight excluding hydrogens is 483 g/mol. The van der Waals surface area contributed by atoms with Crippen molar-refractivity contribution in [1.82, 2.24) is 9.55 Å². The molecule has 12 heteroatoms. The van der Waals surface area contributed by atoms with Gasteiger partial charge in [0.15, 0.2) is 23.1 Å². The lowest BCUT2D eigenvalue weighted by Crippen LogP contribution is -2.44. The Morgan fingerprint density at radius 1 is 1.19 bits per heavy atom. The van der Waals surface area contributed by atoms with E-state index in [4.69, 9.17) is 4.74 Å². The molecule has 36 heavy (non-hydrogen) atoms. The van der Waals surface area contributed by atoms with Crippen LogP contribution in [-0.4, -0.2) is 51.3 Å². The lowest BCUT2D eigenvalue weighted by molar-refractivity contribution is -0.286. The zero-order valence-corrected chi connectivity index (χ0v) is 19.1. The Labute approximate surface area is 202 Å². The summed E-state index contributed by atoms with van der Waals surface area (Å²) in [6.07, 6.45) is -3.49. The molecule has 6 rings (SSSR count). The maximum atomic E-state index is 15.1. The van der Waals surface area contributed by atoms with Gasteiger partial charge in [-0.2, -0.15) is 0 Å². The van der Waals surface area contributed by atoms with Crippen LogP contribution in [0.4, 0.5) is 19.0 Å². The third-order valence-corrected chi connectivity index (χ3v) is 7.07. The first-order chi connectivity index (χ1) is 17.1. The molecule has 1 amide bonds. The first-order valence-corrected chi connectivity index (χ1v) is 11.4. The summed E-state index contributed by atoms with van der Waals surface area (Å²) in [7, 11) is 0. The van der Waals surface area contributed by atoms with E-state index in [1.807, 2.05) is 0 Å². The molecule has 0 saturated heterocycles. The molecule has 9 nitrogen and oxygen atoms in total. The first-order valence-electron chi connectivity index (χ1n) is 11.4. The van der Waals surface area contributed by atoms with Gasteiger partial charge in [-0.25, -0.2) is 9.37 Å². The summed E-state index contributed by atoms with van der Waals surface area (Å²) in [5.41, 5.74) is -0.335. The fraction of sp³-hybridized carbons (Fsp3) is 0.417. The number of aliphatic hydroxyl groups is 2. The Balaban J connectivity index is 1.31. The molecule has 2 atom stereocenters. The Kier molecular flexibility index (Phi) is 4.86. The van der Waals surface area contributed by atoms with Crippen molar-refractivity contribution in [2.24, 2.45) is 0 Å². The second-order valence-corrected chi connectivity index (χ2v) is 9.54. The molecule has 1 saturated carbocycles. The van der Waals surface area contributed by atoms with Gasteiger partial charge in [-0.1, -0.05) is 6.07 Å². The molecule has 4 heterocycles. The number of nitrogens with zero attached hydrogens (tertiary/aromatic N) is 2. The van der Waals surface area contributed by atoms with Crippen molar-refractivity contribution >= 4 is 22.8 Å². The number of hydrogen-bond donors (Lipinski definition) is 3. The van der Waals surface area contributed by atoms with Crippen LogP contribution in [0, 0.1) is 5.82 Å². The molecule has 190 valence electrons. The predicted molar refractivity (Wildman–Crippen MR) is 118 cm³/mol. The fourth-order valence-corrected chi connectivity index (χ4v) is 5.00. The second-order valence-electron chi connectivity index (χ2n) is 9.54. The summed E-state index contributed by atoms with van der Waals surface area (Å²) in [5.74, 6) is -1.86. The largest absolute Gasteiger partial charge is 0.586 e. The summed E-state index contributed by atoms with van der Waals surface area (Å²) in [5, 5.41) is 22.1. The van der Waals surface area contributed by atoms with Gasteiger partial charge in [0.2, 0.25) is 5.91 Å². The monoisotopic (exact) mass is 505 g/mol. The van der Waals surface area contributed by atoms with E-state index in [-0.39, 0.29) is 37.1 Å². The number of rotatable bonds is 5. The lowest BCUT2D eigenvalue weighted by Gasteiger charge is -2.38. The van der Waals surface area contributed by atoms with Gasteiger partial charge < -0.3 is 34.3 Å². The predicted octanol–water partition coefficient (Wildman–Crippen LogP) is 2.77. The Bertz CT molecular complexity index is 1410. The minimum Gasteiger partial charge on any atom is -0.395 e. The summed E-state index contributed by atoms with van der Waals surface area (Å²) in [4.78, 5) is 17.5. The van der Waals surface area contributed by atoms with Crippen LogP contribution in [0.1, 0.15) is 31.0 Å². The summed E-state index contributed by atoms with van der Waals surface area (Å²) >= 11 is 0. The minimum atomic E-state index is -3.77. The maximum absolute atomic E-state index is 15.1. The zero-order valence-electron chi connectivity index (χ0n) is 19.1. The standard InChI is InChI=1S/C24H22F3N3O6/c1-22(11-32)19-8-15-16(30(19)9-13(10-31)34-22)7-14(25)20(28-15)29-21(33)23(4-5-23)12-2-3-17-18(6-12)36-24(26,27)35-17/h2-3,6-8,13,31-32H,4-5,9-11H2,1H3,(H,28,29,33)/t13-,22?/m1/s1. The van der Waals surface area contributed by atoms with E-state index < -0.39 is 35.1 Å². The molecular formula is C24H22F3N3O6. The molecule has 2 aliphatic heterocycles. The van der Waals surface area contributed by atoms with Gasteiger partial charge in [-0.3, -0.25) is 4.79 Å². The number of nitrogens with one attached hydrogen (secondary N) is 1. The average molecular weight is 505 g/mol. The van der Waals surface area contributed by atoms with Gasteiger partial charge in [-0.05, 0) is 43.5 Å². The lowest BCUT2D eigenvalue weighted by atomic mass is 9.94. The zero-order chi connectivity index (χ0) is 25.5. The smallest absolute Gasteiger partial charge is 0.395 e. The van der Waals surface area contributed by atoms with Crippen LogP contribution in [0.15, 0.2) is 30.3 Å². The van der Waals surface area contributed by atoms with Crippen molar-refractivity contribution in [2.45, 2.75) is 49.7 Å². The van der Waals surface area contributed by atoms with Crippen molar-refractivity contribution in [3.05, 3.63) is 47.4 Å². The molecule has 1 fully saturated rings. The molecule has 1 aliphatic carbocycles. The van der Waals surface area contributed by atoms with Gasteiger partial charge in [0.25, 0.3) is 0 Å². The van der Waals surface area contributed by atoms with Crippen LogP contribution in [0.5, 0.6) is 11.5 Å². The van der Waals surface area contributed by atoms with Gasteiger partial charge in [-0.15, -0.1) is 8.78 Å². The minimum absolute atomic E-state index is 0.127. The topological polar surface area (TPSA) is 115 Å². The highest BCUT2D eigenvalue weighted by molar-refractivity contribution is 6.01. The van der Waals surface area contributed by atoms with E-state index >= 15 is 4.39 Å². The number of aliphatic hydroxyl groups excluding tert-OH is 2. The number of pyridine rings is 1. The molecule has 1 unspecified atom stereocenters. The Hall–Kier alpha value is -3.35. The van der Waals surface area contributed by atoms with Crippen LogP contribution in [0.3, 0.4) is 0 Å². The molecule has 0 spiro atoms. The van der Waals surface area contributed by atoms with E-state index in [1.165, 1.54) is 24.3 Å². The van der Waals surface area contributed by atoms with E-state index in [0.29, 0.717) is 35.1 Å². The van der Waals surface area contributed by atoms with Crippen LogP contribution in [-0.2, 0) is 27.1 Å². The number of benzene rings is 1. The molecule has 3 aromatic rings. The van der Waals surface area contributed by atoms with E-state index in [1.54, 1.807) is 17.6 Å². The van der Waals surface area contributed by atoms with Crippen molar-refractivity contribution in [1.29, 1.82) is 0 Å². The third-order valence-electron chi connectivity index (χ3n) is 7.07. The SMILES string of the molecule is CC1(CO)O[C@@H](CO)Cn2c1cc1nc(NC(=O)C3(c4ccc5c(c4)OC(F)(F)O5)CC3)c(F)cc12. The van der Waals surface area contributed by atoms with Gasteiger partial charge in [0, 0.05) is 6.07 Å². The Morgan fingerprint density at radius 2 is 1.94 bits per heavy atom. The molecule has 1 aromatic carbocycles. The van der Waals surface area contributed by atoms with Crippen LogP contribution in [0.25, 0.3) is 11.0 Å². The second kappa shape index (κ2) is 7.58. The Morgan fingerprint density at radius 3 is 2.64 bits per heavy atom. The van der Waals surface area contributed by atoms with Crippen LogP contribution >= 0.6 is 0 Å². The highest BCUT2D eigenvalue weighted by atomic mass is 19.3. The molecule has 0 radical (unpaired) electrons. The summed E-state index contributed by atoms with van der Waals surface area (Å²) < 4.78 is 58.4. The number of hydrogen-bond acceptors (Lipinski definition) is 7. The molecule has 2 aromatic heterocycles. The van der Waals surface area contributed by atoms with E-state index in [0.717, 1.165) is 0 Å². The van der Waals surface area contributed by atoms with Gasteiger partial charge >= 0.3 is 6.29 Å². The van der Waals surface area contributed by atoms with Crippen molar-refractivity contribution < 1.29 is 42.4 Å². The highest BCUT2D eigenvalue weighted by Crippen LogP contribution is 2.52. The summed E-state index contributed by atoms with van der Waals surface area (Å²) in [6, 6.07) is 7.05. The van der Waals surface area contributed by atoms with Gasteiger partial charge in [0.1, 0.15) is 5.60 Å². The molecule has 3 N–H and O–H groups in total. The van der Waals surface area contributed by atoms with E-state index in [2.05, 4.69) is 19.8 Å². The number of carbonyl (C=O) groups is 1. The van der Waals surface area contributed by atoms with Crippen molar-refractivity contribution in [2.75, 3.05) is 18.5 Å². The number of amides is 1. The maximum Gasteiger partial charge on any atom is 0.586 e. The third kappa shape index (κ3) is 3.43. The summed E-state index contributed by atoms with van der Waals surface area (Å²) in [6.45, 7) is 1.26. The van der Waals surface area contributed by atoms with Crippen molar-refractivity contribution in [3.63, 3.8) is 0 Å². The molecule has 0 bridgehead atoms. The van der Waals surface area contributed by atoms with Gasteiger partial charge in [0.05, 0.1) is 48.0 Å². The number of halogens is 3. The number of fused-ring (bicyclic) bond motifs is 4. The van der Waals surface area contributed by atoms with Crippen LogP contribution < -0.4 is 14.8 Å². The first kappa shape index (κ1) is 23.1. The molecule has 3 aliphatic rings. The number of carbonyl (C=O) groups excluding carboxylic acids is 1. The fourth-order valence-electron chi connectivity index (χ4n) is 5.00. The van der Waals surface area contributed by atoms with Crippen molar-refractivity contribution in [3.8, 4) is 11.5 Å². The van der Waals surface area contributed by atoms with Crippen LogP contribution in [0.2, 0.25) is 0 Å². The number of anilines is 1. The number of alkyl halides is 2. The average Bonchev–Trinajstić information content (AvgIpc) is 3.49. The highest BCUT2D eigenvalue weighted by Gasteiger charge is 2.53. The quantitative estimate of drug-likeness (QED) is 0.489. The number of ether oxygens (including phenoxy) is 3.